The lowest BCUT2D eigenvalue weighted by Crippen LogP contribution is -2.40. The Morgan fingerprint density at radius 2 is 1.82 bits per heavy atom. The highest BCUT2D eigenvalue weighted by atomic mass is 16.5. The van der Waals surface area contributed by atoms with Crippen LogP contribution in [0, 0.1) is 0 Å². The number of hydrogen-bond donors (Lipinski definition) is 0. The predicted molar refractivity (Wildman–Crippen MR) is 55.8 cm³/mol. The summed E-state index contributed by atoms with van der Waals surface area (Å²) in [7, 11) is 0. The lowest BCUT2D eigenvalue weighted by molar-refractivity contribution is -0.104. The number of aldehydes is 1. The third-order valence-corrected chi connectivity index (χ3v) is 2.46. The molecule has 2 rings (SSSR count). The number of ether oxygens (including phenoxy) is 1. The molecular weight excluding hydrogens is 226 g/mol. The average molecular weight is 237 g/mol. The van der Waals surface area contributed by atoms with Crippen molar-refractivity contribution in [2.24, 2.45) is 0 Å². The average Bonchev–Trinajstić information content (AvgIpc) is 2.87. The van der Waals surface area contributed by atoms with Gasteiger partial charge in [-0.25, -0.2) is 0 Å². The number of carbonyl (C=O) groups is 3. The number of Topliss-reactive ketones (excluding diaryl/α,β-unsaturated/α-hetero) is 1. The fraction of sp³-hybridized carbons (Fsp3) is 0.364. The van der Waals surface area contributed by atoms with Crippen LogP contribution in [0.2, 0.25) is 0 Å². The highest BCUT2D eigenvalue weighted by Gasteiger charge is 2.22. The number of furan rings is 1. The highest BCUT2D eigenvalue weighted by molar-refractivity contribution is 6.32. The number of amides is 1. The minimum atomic E-state index is -0.772. The molecule has 0 aromatic carbocycles. The highest BCUT2D eigenvalue weighted by Crippen LogP contribution is 2.12. The van der Waals surface area contributed by atoms with E-state index in [4.69, 9.17) is 9.15 Å². The monoisotopic (exact) mass is 237 g/mol. The summed E-state index contributed by atoms with van der Waals surface area (Å²) < 4.78 is 10.2. The first-order valence-electron chi connectivity index (χ1n) is 5.18. The van der Waals surface area contributed by atoms with Crippen LogP contribution in [0.1, 0.15) is 21.1 Å². The molecule has 1 aromatic heterocycles. The normalized spacial score (nSPS) is 15.6. The Morgan fingerprint density at radius 1 is 1.18 bits per heavy atom. The SMILES string of the molecule is O=CC(=O)c1ccc(C(=O)N2CCOCC2)o1. The molecule has 1 aliphatic rings. The van der Waals surface area contributed by atoms with Crippen LogP contribution in [0.15, 0.2) is 16.5 Å². The van der Waals surface area contributed by atoms with Crippen molar-refractivity contribution in [1.29, 1.82) is 0 Å². The summed E-state index contributed by atoms with van der Waals surface area (Å²) in [5.41, 5.74) is 0. The topological polar surface area (TPSA) is 76.8 Å². The van der Waals surface area contributed by atoms with E-state index in [1.54, 1.807) is 4.90 Å². The zero-order valence-electron chi connectivity index (χ0n) is 9.05. The molecule has 1 aliphatic heterocycles. The Balaban J connectivity index is 2.11. The second kappa shape index (κ2) is 4.92. The summed E-state index contributed by atoms with van der Waals surface area (Å²) in [6.07, 6.45) is 0.155. The minimum Gasteiger partial charge on any atom is -0.447 e. The summed E-state index contributed by atoms with van der Waals surface area (Å²) in [5, 5.41) is 0. The molecule has 0 bridgehead atoms. The molecular formula is C11H11NO5. The molecule has 0 aliphatic carbocycles. The van der Waals surface area contributed by atoms with Crippen LogP contribution in [-0.4, -0.2) is 49.2 Å². The first-order valence-corrected chi connectivity index (χ1v) is 5.18. The molecule has 0 saturated carbocycles. The molecule has 1 saturated heterocycles. The van der Waals surface area contributed by atoms with Crippen molar-refractivity contribution in [3.05, 3.63) is 23.7 Å². The molecule has 0 radical (unpaired) electrons. The van der Waals surface area contributed by atoms with Gasteiger partial charge in [0.25, 0.3) is 11.7 Å². The van der Waals surface area contributed by atoms with Crippen molar-refractivity contribution in [3.8, 4) is 0 Å². The van der Waals surface area contributed by atoms with Crippen molar-refractivity contribution in [1.82, 2.24) is 4.90 Å². The third kappa shape index (κ3) is 2.42. The van der Waals surface area contributed by atoms with Gasteiger partial charge in [-0.2, -0.15) is 0 Å². The van der Waals surface area contributed by atoms with Gasteiger partial charge in [0.15, 0.2) is 17.8 Å². The summed E-state index contributed by atoms with van der Waals surface area (Å²) in [5.74, 6) is -1.11. The molecule has 0 N–H and O–H groups in total. The van der Waals surface area contributed by atoms with E-state index < -0.39 is 5.78 Å². The van der Waals surface area contributed by atoms with E-state index in [1.165, 1.54) is 12.1 Å². The van der Waals surface area contributed by atoms with Crippen molar-refractivity contribution >= 4 is 18.0 Å². The smallest absolute Gasteiger partial charge is 0.289 e. The zero-order valence-corrected chi connectivity index (χ0v) is 9.05. The van der Waals surface area contributed by atoms with Crippen molar-refractivity contribution < 1.29 is 23.5 Å². The van der Waals surface area contributed by atoms with Gasteiger partial charge in [-0.05, 0) is 12.1 Å². The van der Waals surface area contributed by atoms with Gasteiger partial charge in [0.05, 0.1) is 13.2 Å². The number of morpholine rings is 1. The van der Waals surface area contributed by atoms with Gasteiger partial charge >= 0.3 is 0 Å². The Labute approximate surface area is 97.1 Å². The van der Waals surface area contributed by atoms with E-state index >= 15 is 0 Å². The largest absolute Gasteiger partial charge is 0.447 e. The van der Waals surface area contributed by atoms with Gasteiger partial charge < -0.3 is 14.1 Å². The molecule has 6 nitrogen and oxygen atoms in total. The zero-order chi connectivity index (χ0) is 12.3. The Bertz CT molecular complexity index is 444. The first-order chi connectivity index (χ1) is 8.22. The van der Waals surface area contributed by atoms with Gasteiger partial charge in [-0.15, -0.1) is 0 Å². The molecule has 90 valence electrons. The second-order valence-corrected chi connectivity index (χ2v) is 3.55. The van der Waals surface area contributed by atoms with Crippen LogP contribution in [0.4, 0.5) is 0 Å². The Morgan fingerprint density at radius 3 is 2.47 bits per heavy atom. The third-order valence-electron chi connectivity index (χ3n) is 2.46. The second-order valence-electron chi connectivity index (χ2n) is 3.55. The molecule has 1 aromatic rings. The minimum absolute atomic E-state index is 0.0668. The maximum Gasteiger partial charge on any atom is 0.289 e. The molecule has 1 amide bonds. The summed E-state index contributed by atoms with van der Waals surface area (Å²) in [4.78, 5) is 34.8. The van der Waals surface area contributed by atoms with Crippen LogP contribution in [0.5, 0.6) is 0 Å². The predicted octanol–water partition coefficient (Wildman–Crippen LogP) is 0.134. The lowest BCUT2D eigenvalue weighted by Gasteiger charge is -2.25. The number of rotatable bonds is 3. The van der Waals surface area contributed by atoms with E-state index in [2.05, 4.69) is 0 Å². The van der Waals surface area contributed by atoms with Crippen LogP contribution >= 0.6 is 0 Å². The van der Waals surface area contributed by atoms with E-state index in [0.717, 1.165) is 0 Å². The molecule has 0 unspecified atom stereocenters. The summed E-state index contributed by atoms with van der Waals surface area (Å²) in [6, 6.07) is 2.72. The van der Waals surface area contributed by atoms with Gasteiger partial charge in [0, 0.05) is 13.1 Å². The molecule has 17 heavy (non-hydrogen) atoms. The first kappa shape index (κ1) is 11.5. The lowest BCUT2D eigenvalue weighted by atomic mass is 10.3. The van der Waals surface area contributed by atoms with E-state index in [9.17, 15) is 14.4 Å². The van der Waals surface area contributed by atoms with E-state index in [0.29, 0.717) is 26.3 Å². The van der Waals surface area contributed by atoms with Gasteiger partial charge in [-0.3, -0.25) is 14.4 Å². The molecule has 2 heterocycles. The van der Waals surface area contributed by atoms with Gasteiger partial charge in [0.2, 0.25) is 0 Å². The van der Waals surface area contributed by atoms with Crippen molar-refractivity contribution in [3.63, 3.8) is 0 Å². The number of hydrogen-bond acceptors (Lipinski definition) is 5. The maximum absolute atomic E-state index is 11.9. The Hall–Kier alpha value is -1.95. The van der Waals surface area contributed by atoms with Crippen LogP contribution in [-0.2, 0) is 9.53 Å². The number of ketones is 1. The van der Waals surface area contributed by atoms with Crippen LogP contribution in [0.3, 0.4) is 0 Å². The summed E-state index contributed by atoms with van der Waals surface area (Å²) >= 11 is 0. The quantitative estimate of drug-likeness (QED) is 0.424. The van der Waals surface area contributed by atoms with E-state index in [1.807, 2.05) is 0 Å². The molecule has 0 atom stereocenters. The molecule has 1 fully saturated rings. The van der Waals surface area contributed by atoms with Gasteiger partial charge in [-0.1, -0.05) is 0 Å². The Kier molecular flexibility index (Phi) is 3.34. The number of carbonyl (C=O) groups excluding carboxylic acids is 3. The fourth-order valence-electron chi connectivity index (χ4n) is 1.57. The fourth-order valence-corrected chi connectivity index (χ4v) is 1.57. The molecule has 0 spiro atoms. The standard InChI is InChI=1S/C11H11NO5/c13-7-8(14)9-1-2-10(17-9)11(15)12-3-5-16-6-4-12/h1-2,7H,3-6H2. The van der Waals surface area contributed by atoms with Crippen LogP contribution in [0.25, 0.3) is 0 Å². The van der Waals surface area contributed by atoms with Crippen molar-refractivity contribution in [2.75, 3.05) is 26.3 Å². The molecule has 6 heteroatoms. The maximum atomic E-state index is 11.9. The van der Waals surface area contributed by atoms with Crippen LogP contribution < -0.4 is 0 Å². The van der Waals surface area contributed by atoms with Crippen molar-refractivity contribution in [2.45, 2.75) is 0 Å². The van der Waals surface area contributed by atoms with E-state index in [-0.39, 0.29) is 23.7 Å². The number of nitrogens with zero attached hydrogens (tertiary/aromatic N) is 1. The summed E-state index contributed by atoms with van der Waals surface area (Å²) in [6.45, 7) is 1.98. The van der Waals surface area contributed by atoms with Gasteiger partial charge in [0.1, 0.15) is 0 Å².